The zero-order valence-electron chi connectivity index (χ0n) is 12.4. The van der Waals surface area contributed by atoms with Crippen LogP contribution in [0, 0.1) is 11.3 Å². The van der Waals surface area contributed by atoms with E-state index in [1.807, 2.05) is 11.0 Å². The van der Waals surface area contributed by atoms with Crippen LogP contribution in [-0.4, -0.2) is 43.2 Å². The molecule has 2 amide bonds. The molecule has 2 saturated heterocycles. The van der Waals surface area contributed by atoms with Crippen LogP contribution in [0.25, 0.3) is 0 Å². The monoisotopic (exact) mass is 318 g/mol. The zero-order valence-corrected chi connectivity index (χ0v) is 13.1. The van der Waals surface area contributed by atoms with Crippen LogP contribution in [0.5, 0.6) is 0 Å². The molecule has 3 rings (SSSR count). The van der Waals surface area contributed by atoms with E-state index in [4.69, 9.17) is 11.6 Å². The molecule has 0 spiro atoms. The molecular formula is C16H19ClN4O. The molecule has 22 heavy (non-hydrogen) atoms. The highest BCUT2D eigenvalue weighted by Gasteiger charge is 2.29. The van der Waals surface area contributed by atoms with E-state index in [2.05, 4.69) is 16.3 Å². The summed E-state index contributed by atoms with van der Waals surface area (Å²) >= 11 is 6.07. The van der Waals surface area contributed by atoms with Crippen molar-refractivity contribution in [3.63, 3.8) is 0 Å². The maximum Gasteiger partial charge on any atom is 0.317 e. The van der Waals surface area contributed by atoms with Crippen LogP contribution >= 0.6 is 11.6 Å². The Hall–Kier alpha value is -1.93. The van der Waals surface area contributed by atoms with E-state index in [1.54, 1.807) is 12.1 Å². The van der Waals surface area contributed by atoms with Gasteiger partial charge in [0.15, 0.2) is 0 Å². The van der Waals surface area contributed by atoms with Gasteiger partial charge in [0.1, 0.15) is 6.07 Å². The SMILES string of the molecule is N#Cc1ccc(Cl)cc1N1CCC(N2CCCNC2=O)CC1. The van der Waals surface area contributed by atoms with Gasteiger partial charge >= 0.3 is 6.03 Å². The van der Waals surface area contributed by atoms with Crippen LogP contribution in [0.1, 0.15) is 24.8 Å². The number of hydrogen-bond acceptors (Lipinski definition) is 3. The first-order chi connectivity index (χ1) is 10.7. The molecule has 0 aromatic heterocycles. The Balaban J connectivity index is 1.68. The third-order valence-corrected chi connectivity index (χ3v) is 4.67. The van der Waals surface area contributed by atoms with Gasteiger partial charge in [-0.25, -0.2) is 4.79 Å². The molecule has 5 nitrogen and oxygen atoms in total. The van der Waals surface area contributed by atoms with Crippen LogP contribution in [0.3, 0.4) is 0 Å². The number of urea groups is 1. The molecular weight excluding hydrogens is 300 g/mol. The summed E-state index contributed by atoms with van der Waals surface area (Å²) in [6.45, 7) is 3.30. The second-order valence-corrected chi connectivity index (χ2v) is 6.21. The lowest BCUT2D eigenvalue weighted by Gasteiger charge is -2.41. The maximum absolute atomic E-state index is 11.9. The quantitative estimate of drug-likeness (QED) is 0.911. The summed E-state index contributed by atoms with van der Waals surface area (Å²) in [7, 11) is 0. The van der Waals surface area contributed by atoms with E-state index < -0.39 is 0 Å². The number of carbonyl (C=O) groups is 1. The standard InChI is InChI=1S/C16H19ClN4O/c17-13-3-2-12(11-18)15(10-13)20-8-4-14(5-9-20)21-7-1-6-19-16(21)22/h2-3,10,14H,1,4-9H2,(H,19,22). The molecule has 2 fully saturated rings. The highest BCUT2D eigenvalue weighted by Crippen LogP contribution is 2.28. The Morgan fingerprint density at radius 2 is 2.05 bits per heavy atom. The van der Waals surface area contributed by atoms with Crippen LogP contribution in [0.15, 0.2) is 18.2 Å². The topological polar surface area (TPSA) is 59.4 Å². The maximum atomic E-state index is 11.9. The molecule has 0 aliphatic carbocycles. The molecule has 116 valence electrons. The fourth-order valence-electron chi connectivity index (χ4n) is 3.28. The summed E-state index contributed by atoms with van der Waals surface area (Å²) in [4.78, 5) is 16.1. The normalized spacial score (nSPS) is 19.7. The zero-order chi connectivity index (χ0) is 15.5. The molecule has 0 radical (unpaired) electrons. The Morgan fingerprint density at radius 3 is 2.73 bits per heavy atom. The van der Waals surface area contributed by atoms with E-state index in [1.165, 1.54) is 0 Å². The largest absolute Gasteiger partial charge is 0.370 e. The summed E-state index contributed by atoms with van der Waals surface area (Å²) in [5.41, 5.74) is 1.55. The summed E-state index contributed by atoms with van der Waals surface area (Å²) in [6, 6.07) is 7.95. The van der Waals surface area contributed by atoms with Crippen LogP contribution in [0.2, 0.25) is 5.02 Å². The molecule has 1 aromatic rings. The summed E-state index contributed by atoms with van der Waals surface area (Å²) in [5.74, 6) is 0. The van der Waals surface area contributed by atoms with Gasteiger partial charge in [-0.2, -0.15) is 5.26 Å². The lowest BCUT2D eigenvalue weighted by molar-refractivity contribution is 0.149. The fourth-order valence-corrected chi connectivity index (χ4v) is 3.44. The van der Waals surface area contributed by atoms with Gasteiger partial charge in [0.25, 0.3) is 0 Å². The van der Waals surface area contributed by atoms with E-state index in [0.717, 1.165) is 51.1 Å². The van der Waals surface area contributed by atoms with Gasteiger partial charge in [0.2, 0.25) is 0 Å². The van der Waals surface area contributed by atoms with Crippen molar-refractivity contribution in [2.75, 3.05) is 31.1 Å². The van der Waals surface area contributed by atoms with Crippen molar-refractivity contribution in [1.82, 2.24) is 10.2 Å². The highest BCUT2D eigenvalue weighted by molar-refractivity contribution is 6.30. The van der Waals surface area contributed by atoms with E-state index in [-0.39, 0.29) is 6.03 Å². The molecule has 6 heteroatoms. The highest BCUT2D eigenvalue weighted by atomic mass is 35.5. The minimum Gasteiger partial charge on any atom is -0.370 e. The third kappa shape index (κ3) is 2.97. The van der Waals surface area contributed by atoms with Crippen molar-refractivity contribution >= 4 is 23.3 Å². The van der Waals surface area contributed by atoms with E-state index in [9.17, 15) is 10.1 Å². The molecule has 0 saturated carbocycles. The van der Waals surface area contributed by atoms with Crippen molar-refractivity contribution in [3.8, 4) is 6.07 Å². The van der Waals surface area contributed by atoms with Crippen LogP contribution in [-0.2, 0) is 0 Å². The van der Waals surface area contributed by atoms with Gasteiger partial charge in [-0.1, -0.05) is 11.6 Å². The number of nitrogens with one attached hydrogen (secondary N) is 1. The van der Waals surface area contributed by atoms with Gasteiger partial charge in [-0.15, -0.1) is 0 Å². The number of hydrogen-bond donors (Lipinski definition) is 1. The number of amides is 2. The molecule has 0 atom stereocenters. The molecule has 0 unspecified atom stereocenters. The van der Waals surface area contributed by atoms with Gasteiger partial charge in [-0.3, -0.25) is 0 Å². The van der Waals surface area contributed by atoms with Crippen molar-refractivity contribution < 1.29 is 4.79 Å². The molecule has 2 heterocycles. The third-order valence-electron chi connectivity index (χ3n) is 4.44. The lowest BCUT2D eigenvalue weighted by Crippen LogP contribution is -2.54. The number of benzene rings is 1. The first kappa shape index (κ1) is 15.0. The Bertz CT molecular complexity index is 605. The molecule has 1 N–H and O–H groups in total. The predicted octanol–water partition coefficient (Wildman–Crippen LogP) is 2.60. The molecule has 1 aromatic carbocycles. The number of rotatable bonds is 2. The van der Waals surface area contributed by atoms with Crippen LogP contribution < -0.4 is 10.2 Å². The Morgan fingerprint density at radius 1 is 1.27 bits per heavy atom. The minimum absolute atomic E-state index is 0.0603. The number of carbonyl (C=O) groups excluding carboxylic acids is 1. The molecule has 2 aliphatic heterocycles. The summed E-state index contributed by atoms with van der Waals surface area (Å²) < 4.78 is 0. The average molecular weight is 319 g/mol. The number of halogens is 1. The summed E-state index contributed by atoms with van der Waals surface area (Å²) in [5, 5.41) is 12.8. The number of anilines is 1. The lowest BCUT2D eigenvalue weighted by atomic mass is 10.0. The van der Waals surface area contributed by atoms with Gasteiger partial charge in [0.05, 0.1) is 11.3 Å². The molecule has 2 aliphatic rings. The smallest absolute Gasteiger partial charge is 0.317 e. The molecule has 0 bridgehead atoms. The van der Waals surface area contributed by atoms with Gasteiger partial charge in [-0.05, 0) is 37.5 Å². The first-order valence-corrected chi connectivity index (χ1v) is 8.06. The van der Waals surface area contributed by atoms with E-state index in [0.29, 0.717) is 16.6 Å². The number of nitrogens with zero attached hydrogens (tertiary/aromatic N) is 3. The summed E-state index contributed by atoms with van der Waals surface area (Å²) in [6.07, 6.45) is 2.86. The van der Waals surface area contributed by atoms with Crippen LogP contribution in [0.4, 0.5) is 10.5 Å². The van der Waals surface area contributed by atoms with E-state index >= 15 is 0 Å². The average Bonchev–Trinajstić information content (AvgIpc) is 2.55. The fraction of sp³-hybridized carbons (Fsp3) is 0.500. The second kappa shape index (κ2) is 6.45. The number of nitriles is 1. The van der Waals surface area contributed by atoms with Crippen molar-refractivity contribution in [1.29, 1.82) is 5.26 Å². The Labute approximate surface area is 135 Å². The van der Waals surface area contributed by atoms with Crippen molar-refractivity contribution in [3.05, 3.63) is 28.8 Å². The first-order valence-electron chi connectivity index (χ1n) is 7.68. The van der Waals surface area contributed by atoms with Gasteiger partial charge in [0, 0.05) is 37.2 Å². The number of piperidine rings is 1. The Kier molecular flexibility index (Phi) is 4.39. The predicted molar refractivity (Wildman–Crippen MR) is 86.1 cm³/mol. The van der Waals surface area contributed by atoms with Gasteiger partial charge < -0.3 is 15.1 Å². The van der Waals surface area contributed by atoms with Crippen molar-refractivity contribution in [2.24, 2.45) is 0 Å². The van der Waals surface area contributed by atoms with Crippen molar-refractivity contribution in [2.45, 2.75) is 25.3 Å². The minimum atomic E-state index is 0.0603. The second-order valence-electron chi connectivity index (χ2n) is 5.77.